The summed E-state index contributed by atoms with van der Waals surface area (Å²) in [5.41, 5.74) is 0. The first-order chi connectivity index (χ1) is 29.6. The van der Waals surface area contributed by atoms with Gasteiger partial charge in [-0.3, -0.25) is 9.36 Å². The molecule has 0 aliphatic carbocycles. The van der Waals surface area contributed by atoms with Crippen molar-refractivity contribution >= 4 is 13.8 Å². The summed E-state index contributed by atoms with van der Waals surface area (Å²) < 4.78 is 34.7. The number of unbranched alkanes of at least 4 members (excludes halogenated alkanes) is 31. The second kappa shape index (κ2) is 45.5. The number of carbonyl (C=O) groups excluding carboxylic acids is 1. The monoisotopic (exact) mass is 884 g/mol. The van der Waals surface area contributed by atoms with E-state index in [-0.39, 0.29) is 25.8 Å². The van der Waals surface area contributed by atoms with E-state index in [9.17, 15) is 14.3 Å². The molecular formula is C52H102NO7P. The Kier molecular flexibility index (Phi) is 44.8. The summed E-state index contributed by atoms with van der Waals surface area (Å²) in [5, 5.41) is 0. The topological polar surface area (TPSA) is 94.1 Å². The molecule has 0 heterocycles. The molecule has 0 aliphatic rings. The van der Waals surface area contributed by atoms with E-state index in [1.54, 1.807) is 0 Å². The van der Waals surface area contributed by atoms with Crippen LogP contribution in [0, 0.1) is 0 Å². The lowest BCUT2D eigenvalue weighted by atomic mass is 10.0. The number of esters is 1. The zero-order chi connectivity index (χ0) is 44.8. The van der Waals surface area contributed by atoms with Gasteiger partial charge in [-0.15, -0.1) is 0 Å². The van der Waals surface area contributed by atoms with Crippen molar-refractivity contribution in [2.24, 2.45) is 0 Å². The van der Waals surface area contributed by atoms with Crippen molar-refractivity contribution in [1.82, 2.24) is 0 Å². The minimum absolute atomic E-state index is 0.0261. The van der Waals surface area contributed by atoms with Crippen LogP contribution in [0.4, 0.5) is 0 Å². The molecule has 0 aliphatic heterocycles. The molecule has 0 amide bonds. The third kappa shape index (κ3) is 49.8. The summed E-state index contributed by atoms with van der Waals surface area (Å²) in [6, 6.07) is 0. The SMILES string of the molecule is CCCCCC/C=C\C/C=C\CCCCCCCCOCC(COP(=O)([O-])OCC[N+](C)(C)C)OC(=O)CCCCCCCCCCCCCCCCCCCCCCCC. The van der Waals surface area contributed by atoms with E-state index in [0.29, 0.717) is 24.1 Å². The number of ether oxygens (including phenoxy) is 2. The normalized spacial score (nSPS) is 13.7. The van der Waals surface area contributed by atoms with Crippen molar-refractivity contribution in [3.63, 3.8) is 0 Å². The zero-order valence-electron chi connectivity index (χ0n) is 41.1. The molecule has 2 unspecified atom stereocenters. The van der Waals surface area contributed by atoms with E-state index in [2.05, 4.69) is 38.2 Å². The first-order valence-corrected chi connectivity index (χ1v) is 27.5. The van der Waals surface area contributed by atoms with Crippen LogP contribution in [0.1, 0.15) is 245 Å². The number of allylic oxidation sites excluding steroid dienone is 4. The maximum atomic E-state index is 12.7. The molecule has 0 aromatic carbocycles. The summed E-state index contributed by atoms with van der Waals surface area (Å²) in [4.78, 5) is 25.2. The quantitative estimate of drug-likeness (QED) is 0.0197. The van der Waals surface area contributed by atoms with Gasteiger partial charge >= 0.3 is 5.97 Å². The molecule has 362 valence electrons. The van der Waals surface area contributed by atoms with E-state index in [1.165, 1.54) is 180 Å². The Balaban J connectivity index is 4.10. The van der Waals surface area contributed by atoms with Gasteiger partial charge in [0.25, 0.3) is 7.82 Å². The summed E-state index contributed by atoms with van der Waals surface area (Å²) >= 11 is 0. The van der Waals surface area contributed by atoms with Crippen LogP contribution in [0.5, 0.6) is 0 Å². The standard InChI is InChI=1S/C52H102NO7P/c1-6-8-10-12-14-16-18-20-22-24-25-26-27-28-29-31-33-35-37-39-41-43-45-52(54)60-51(50-59-61(55,56)58-48-46-53(3,4)5)49-57-47-44-42-40-38-36-34-32-30-23-21-19-17-15-13-11-9-7-2/h17,19,23,30,51H,6-16,18,20-22,24-29,31-50H2,1-5H3/b19-17-,30-23-. The second-order valence-electron chi connectivity index (χ2n) is 18.9. The van der Waals surface area contributed by atoms with Crippen molar-refractivity contribution in [2.75, 3.05) is 54.1 Å². The van der Waals surface area contributed by atoms with Gasteiger partial charge in [0.2, 0.25) is 0 Å². The van der Waals surface area contributed by atoms with Gasteiger partial charge in [0.1, 0.15) is 19.3 Å². The van der Waals surface area contributed by atoms with Gasteiger partial charge in [0.05, 0.1) is 34.4 Å². The maximum Gasteiger partial charge on any atom is 0.306 e. The molecule has 0 fully saturated rings. The van der Waals surface area contributed by atoms with Crippen LogP contribution in [0.3, 0.4) is 0 Å². The first kappa shape index (κ1) is 60.0. The number of quaternary nitrogens is 1. The lowest BCUT2D eigenvalue weighted by Gasteiger charge is -2.28. The summed E-state index contributed by atoms with van der Waals surface area (Å²) in [5.74, 6) is -0.332. The van der Waals surface area contributed by atoms with Crippen LogP contribution >= 0.6 is 7.82 Å². The molecule has 0 radical (unpaired) electrons. The van der Waals surface area contributed by atoms with E-state index in [0.717, 1.165) is 44.9 Å². The molecule has 0 rings (SSSR count). The summed E-state index contributed by atoms with van der Waals surface area (Å²) in [7, 11) is 1.36. The molecular weight excluding hydrogens is 782 g/mol. The highest BCUT2D eigenvalue weighted by molar-refractivity contribution is 7.45. The van der Waals surface area contributed by atoms with Gasteiger partial charge in [-0.2, -0.15) is 0 Å². The molecule has 0 aromatic rings. The Morgan fingerprint density at radius 1 is 0.508 bits per heavy atom. The van der Waals surface area contributed by atoms with Crippen LogP contribution in [0.25, 0.3) is 0 Å². The third-order valence-corrected chi connectivity index (χ3v) is 12.5. The molecule has 61 heavy (non-hydrogen) atoms. The average Bonchev–Trinajstić information content (AvgIpc) is 3.22. The lowest BCUT2D eigenvalue weighted by molar-refractivity contribution is -0.870. The number of hydrogen-bond acceptors (Lipinski definition) is 7. The molecule has 0 saturated carbocycles. The predicted molar refractivity (Wildman–Crippen MR) is 259 cm³/mol. The van der Waals surface area contributed by atoms with Crippen molar-refractivity contribution in [2.45, 2.75) is 251 Å². The third-order valence-electron chi connectivity index (χ3n) is 11.5. The van der Waals surface area contributed by atoms with Gasteiger partial charge in [-0.25, -0.2) is 0 Å². The highest BCUT2D eigenvalue weighted by Gasteiger charge is 2.20. The zero-order valence-corrected chi connectivity index (χ0v) is 42.0. The van der Waals surface area contributed by atoms with Crippen molar-refractivity contribution in [3.05, 3.63) is 24.3 Å². The fraction of sp³-hybridized carbons (Fsp3) is 0.904. The number of phosphoric ester groups is 1. The van der Waals surface area contributed by atoms with Crippen LogP contribution in [0.2, 0.25) is 0 Å². The van der Waals surface area contributed by atoms with Gasteiger partial charge in [0, 0.05) is 13.0 Å². The number of nitrogens with zero attached hydrogens (tertiary/aromatic N) is 1. The fourth-order valence-electron chi connectivity index (χ4n) is 7.46. The smallest absolute Gasteiger partial charge is 0.306 e. The summed E-state index contributed by atoms with van der Waals surface area (Å²) in [6.07, 6.45) is 53.4. The van der Waals surface area contributed by atoms with E-state index < -0.39 is 13.9 Å². The molecule has 0 N–H and O–H groups in total. The van der Waals surface area contributed by atoms with Crippen LogP contribution in [0.15, 0.2) is 24.3 Å². The van der Waals surface area contributed by atoms with Gasteiger partial charge < -0.3 is 27.9 Å². The van der Waals surface area contributed by atoms with Crippen molar-refractivity contribution < 1.29 is 37.3 Å². The Labute approximate surface area is 379 Å². The van der Waals surface area contributed by atoms with Gasteiger partial charge in [-0.05, 0) is 44.9 Å². The number of carbonyl (C=O) groups is 1. The molecule has 0 spiro atoms. The minimum atomic E-state index is -4.53. The van der Waals surface area contributed by atoms with Crippen LogP contribution in [-0.2, 0) is 27.9 Å². The lowest BCUT2D eigenvalue weighted by Crippen LogP contribution is -2.37. The number of likely N-dealkylation sites (N-methyl/N-ethyl adjacent to an activating group) is 1. The fourth-order valence-corrected chi connectivity index (χ4v) is 8.19. The minimum Gasteiger partial charge on any atom is -0.756 e. The van der Waals surface area contributed by atoms with Gasteiger partial charge in [-0.1, -0.05) is 218 Å². The van der Waals surface area contributed by atoms with Crippen molar-refractivity contribution in [3.8, 4) is 0 Å². The van der Waals surface area contributed by atoms with E-state index in [4.69, 9.17) is 18.5 Å². The summed E-state index contributed by atoms with van der Waals surface area (Å²) in [6.45, 7) is 5.42. The number of rotatable bonds is 49. The molecule has 0 aromatic heterocycles. The number of hydrogen-bond donors (Lipinski definition) is 0. The molecule has 2 atom stereocenters. The van der Waals surface area contributed by atoms with E-state index >= 15 is 0 Å². The Hall–Kier alpha value is -1.02. The maximum absolute atomic E-state index is 12.7. The number of phosphoric acid groups is 1. The predicted octanol–water partition coefficient (Wildman–Crippen LogP) is 15.3. The molecule has 8 nitrogen and oxygen atoms in total. The molecule has 0 bridgehead atoms. The first-order valence-electron chi connectivity index (χ1n) is 26.1. The molecule has 9 heteroatoms. The second-order valence-corrected chi connectivity index (χ2v) is 20.3. The average molecular weight is 884 g/mol. The largest absolute Gasteiger partial charge is 0.756 e. The van der Waals surface area contributed by atoms with Crippen LogP contribution in [-0.4, -0.2) is 70.7 Å². The van der Waals surface area contributed by atoms with Gasteiger partial charge in [0.15, 0.2) is 0 Å². The van der Waals surface area contributed by atoms with Crippen molar-refractivity contribution in [1.29, 1.82) is 0 Å². The Morgan fingerprint density at radius 3 is 1.34 bits per heavy atom. The highest BCUT2D eigenvalue weighted by atomic mass is 31.2. The highest BCUT2D eigenvalue weighted by Crippen LogP contribution is 2.38. The van der Waals surface area contributed by atoms with E-state index in [1.807, 2.05) is 21.1 Å². The van der Waals surface area contributed by atoms with Crippen LogP contribution < -0.4 is 4.89 Å². The molecule has 0 saturated heterocycles. The Morgan fingerprint density at radius 2 is 0.902 bits per heavy atom. The Bertz CT molecular complexity index is 1030.